The summed E-state index contributed by atoms with van der Waals surface area (Å²) in [6.07, 6.45) is 3.17. The summed E-state index contributed by atoms with van der Waals surface area (Å²) in [4.78, 5) is 14.7. The first-order chi connectivity index (χ1) is 14.3. The first kappa shape index (κ1) is 20.9. The minimum atomic E-state index is 0. The third kappa shape index (κ3) is 4.25. The van der Waals surface area contributed by atoms with Gasteiger partial charge in [-0.05, 0) is 37.0 Å². The summed E-state index contributed by atoms with van der Waals surface area (Å²) in [5, 5.41) is 12.1. The summed E-state index contributed by atoms with van der Waals surface area (Å²) in [7, 11) is 0. The van der Waals surface area contributed by atoms with Crippen molar-refractivity contribution in [3.8, 4) is 11.5 Å². The normalized spacial score (nSPS) is 18.5. The van der Waals surface area contributed by atoms with Crippen LogP contribution in [0.3, 0.4) is 0 Å². The molecule has 9 heteroatoms. The number of aryl methyl sites for hydroxylation is 1. The molecule has 0 aliphatic carbocycles. The summed E-state index contributed by atoms with van der Waals surface area (Å²) in [6, 6.07) is 5.96. The standard InChI is InChI=1S/C21H27N5O3.ClH/c27-20(4-2-15-1-3-17-18(13-15)29-12-11-28-17)25-8-5-16(6-9-25)21-24-23-19-14-22-7-10-26(19)21;/h1,3,13,16,22H,2,4-12,14H2;1H. The SMILES string of the molecule is Cl.O=C(CCc1ccc2c(c1)OCCO2)N1CCC(c2nnc3n2CCNC3)CC1. The van der Waals surface area contributed by atoms with E-state index in [4.69, 9.17) is 9.47 Å². The fourth-order valence-corrected chi connectivity index (χ4v) is 4.46. The van der Waals surface area contributed by atoms with Crippen molar-refractivity contribution in [3.05, 3.63) is 35.4 Å². The third-order valence-corrected chi connectivity index (χ3v) is 6.10. The van der Waals surface area contributed by atoms with E-state index in [-0.39, 0.29) is 18.3 Å². The predicted octanol–water partition coefficient (Wildman–Crippen LogP) is 1.91. The summed E-state index contributed by atoms with van der Waals surface area (Å²) >= 11 is 0. The molecular formula is C21H28ClN5O3. The molecule has 162 valence electrons. The Morgan fingerprint density at radius 3 is 2.73 bits per heavy atom. The quantitative estimate of drug-likeness (QED) is 0.793. The van der Waals surface area contributed by atoms with Gasteiger partial charge in [0, 0.05) is 38.5 Å². The lowest BCUT2D eigenvalue weighted by Crippen LogP contribution is -2.39. The first-order valence-corrected chi connectivity index (χ1v) is 10.6. The van der Waals surface area contributed by atoms with Crippen molar-refractivity contribution < 1.29 is 14.3 Å². The van der Waals surface area contributed by atoms with Crippen LogP contribution in [0.25, 0.3) is 0 Å². The molecule has 1 aromatic carbocycles. The fraction of sp³-hybridized carbons (Fsp3) is 0.571. The van der Waals surface area contributed by atoms with Gasteiger partial charge in [0.2, 0.25) is 5.91 Å². The first-order valence-electron chi connectivity index (χ1n) is 10.6. The average Bonchev–Trinajstić information content (AvgIpc) is 3.21. The maximum Gasteiger partial charge on any atom is 0.222 e. The van der Waals surface area contributed by atoms with E-state index in [0.717, 1.165) is 80.7 Å². The number of ether oxygens (including phenoxy) is 2. The Morgan fingerprint density at radius 2 is 1.90 bits per heavy atom. The molecule has 1 aromatic heterocycles. The van der Waals surface area contributed by atoms with E-state index < -0.39 is 0 Å². The van der Waals surface area contributed by atoms with Gasteiger partial charge in [0.25, 0.3) is 0 Å². The Morgan fingerprint density at radius 1 is 1.10 bits per heavy atom. The number of rotatable bonds is 4. The molecule has 1 fully saturated rings. The Kier molecular flexibility index (Phi) is 6.43. The van der Waals surface area contributed by atoms with Crippen LogP contribution in [0.15, 0.2) is 18.2 Å². The van der Waals surface area contributed by atoms with Crippen LogP contribution in [0, 0.1) is 0 Å². The summed E-state index contributed by atoms with van der Waals surface area (Å²) in [5.41, 5.74) is 1.11. The largest absolute Gasteiger partial charge is 0.486 e. The van der Waals surface area contributed by atoms with Gasteiger partial charge < -0.3 is 24.3 Å². The molecule has 0 bridgehead atoms. The summed E-state index contributed by atoms with van der Waals surface area (Å²) in [6.45, 7) is 5.47. The number of hydrogen-bond donors (Lipinski definition) is 1. The van der Waals surface area contributed by atoms with Crippen LogP contribution in [0.2, 0.25) is 0 Å². The Labute approximate surface area is 182 Å². The monoisotopic (exact) mass is 433 g/mol. The number of hydrogen-bond acceptors (Lipinski definition) is 6. The van der Waals surface area contributed by atoms with E-state index in [1.165, 1.54) is 0 Å². The van der Waals surface area contributed by atoms with Gasteiger partial charge in [0.05, 0.1) is 6.54 Å². The fourth-order valence-electron chi connectivity index (χ4n) is 4.46. The van der Waals surface area contributed by atoms with Gasteiger partial charge in [0.15, 0.2) is 11.5 Å². The number of benzene rings is 1. The number of carbonyl (C=O) groups is 1. The molecule has 0 spiro atoms. The van der Waals surface area contributed by atoms with Crippen molar-refractivity contribution in [2.45, 2.75) is 44.7 Å². The van der Waals surface area contributed by atoms with Crippen molar-refractivity contribution in [2.24, 2.45) is 0 Å². The second kappa shape index (κ2) is 9.22. The molecule has 2 aromatic rings. The summed E-state index contributed by atoms with van der Waals surface area (Å²) in [5.74, 6) is 4.34. The maximum absolute atomic E-state index is 12.7. The van der Waals surface area contributed by atoms with Crippen molar-refractivity contribution in [1.82, 2.24) is 25.0 Å². The number of halogens is 1. The topological polar surface area (TPSA) is 81.5 Å². The van der Waals surface area contributed by atoms with Crippen LogP contribution in [0.4, 0.5) is 0 Å². The zero-order valence-electron chi connectivity index (χ0n) is 17.0. The molecule has 0 radical (unpaired) electrons. The highest BCUT2D eigenvalue weighted by molar-refractivity contribution is 5.85. The summed E-state index contributed by atoms with van der Waals surface area (Å²) < 4.78 is 13.5. The lowest BCUT2D eigenvalue weighted by Gasteiger charge is -2.32. The van der Waals surface area contributed by atoms with Crippen LogP contribution in [0.1, 0.15) is 42.4 Å². The smallest absolute Gasteiger partial charge is 0.222 e. The lowest BCUT2D eigenvalue weighted by molar-refractivity contribution is -0.132. The molecule has 1 saturated heterocycles. The molecule has 3 aliphatic rings. The highest BCUT2D eigenvalue weighted by atomic mass is 35.5. The Bertz CT molecular complexity index is 895. The second-order valence-corrected chi connectivity index (χ2v) is 7.94. The van der Waals surface area contributed by atoms with Crippen molar-refractivity contribution in [1.29, 1.82) is 0 Å². The van der Waals surface area contributed by atoms with E-state index in [1.807, 2.05) is 23.1 Å². The minimum Gasteiger partial charge on any atom is -0.486 e. The third-order valence-electron chi connectivity index (χ3n) is 6.10. The lowest BCUT2D eigenvalue weighted by atomic mass is 9.95. The van der Waals surface area contributed by atoms with Gasteiger partial charge in [-0.1, -0.05) is 6.07 Å². The number of carbonyl (C=O) groups excluding carboxylic acids is 1. The molecule has 1 N–H and O–H groups in total. The second-order valence-electron chi connectivity index (χ2n) is 7.94. The van der Waals surface area contributed by atoms with Crippen LogP contribution in [0.5, 0.6) is 11.5 Å². The van der Waals surface area contributed by atoms with Crippen molar-refractivity contribution in [3.63, 3.8) is 0 Å². The molecule has 5 rings (SSSR count). The molecular weight excluding hydrogens is 406 g/mol. The highest BCUT2D eigenvalue weighted by Gasteiger charge is 2.28. The molecule has 3 aliphatic heterocycles. The van der Waals surface area contributed by atoms with Crippen LogP contribution >= 0.6 is 12.4 Å². The van der Waals surface area contributed by atoms with E-state index in [2.05, 4.69) is 20.1 Å². The van der Waals surface area contributed by atoms with Crippen LogP contribution < -0.4 is 14.8 Å². The maximum atomic E-state index is 12.7. The number of likely N-dealkylation sites (tertiary alicyclic amines) is 1. The molecule has 1 amide bonds. The van der Waals surface area contributed by atoms with E-state index in [0.29, 0.717) is 25.6 Å². The molecule has 0 unspecified atom stereocenters. The number of aromatic nitrogens is 3. The number of piperidine rings is 1. The zero-order valence-corrected chi connectivity index (χ0v) is 17.8. The van der Waals surface area contributed by atoms with Gasteiger partial charge in [-0.15, -0.1) is 22.6 Å². The van der Waals surface area contributed by atoms with Gasteiger partial charge in [0.1, 0.15) is 24.9 Å². The number of amides is 1. The van der Waals surface area contributed by atoms with Crippen LogP contribution in [-0.4, -0.2) is 58.4 Å². The van der Waals surface area contributed by atoms with Gasteiger partial charge in [-0.3, -0.25) is 4.79 Å². The molecule has 0 saturated carbocycles. The molecule has 0 atom stereocenters. The van der Waals surface area contributed by atoms with Crippen LogP contribution in [-0.2, 0) is 24.3 Å². The molecule has 4 heterocycles. The van der Waals surface area contributed by atoms with Gasteiger partial charge >= 0.3 is 0 Å². The minimum absolute atomic E-state index is 0. The van der Waals surface area contributed by atoms with Gasteiger partial charge in [-0.25, -0.2) is 0 Å². The number of fused-ring (bicyclic) bond motifs is 2. The van der Waals surface area contributed by atoms with Crippen molar-refractivity contribution >= 4 is 18.3 Å². The van der Waals surface area contributed by atoms with E-state index >= 15 is 0 Å². The number of nitrogens with zero attached hydrogens (tertiary/aromatic N) is 4. The van der Waals surface area contributed by atoms with E-state index in [9.17, 15) is 4.79 Å². The zero-order chi connectivity index (χ0) is 19.6. The van der Waals surface area contributed by atoms with Crippen molar-refractivity contribution in [2.75, 3.05) is 32.8 Å². The molecule has 8 nitrogen and oxygen atoms in total. The average molecular weight is 434 g/mol. The highest BCUT2D eigenvalue weighted by Crippen LogP contribution is 2.31. The van der Waals surface area contributed by atoms with E-state index in [1.54, 1.807) is 0 Å². The molecule has 30 heavy (non-hydrogen) atoms. The Balaban J connectivity index is 0.00000218. The Hall–Kier alpha value is -2.32. The predicted molar refractivity (Wildman–Crippen MR) is 113 cm³/mol. The van der Waals surface area contributed by atoms with Gasteiger partial charge in [-0.2, -0.15) is 0 Å². The number of nitrogens with one attached hydrogen (secondary N) is 1.